The van der Waals surface area contributed by atoms with Crippen LogP contribution in [0.3, 0.4) is 0 Å². The van der Waals surface area contributed by atoms with Gasteiger partial charge in [0.15, 0.2) is 0 Å². The lowest BCUT2D eigenvalue weighted by molar-refractivity contribution is -0.0401. The number of fused-ring (bicyclic) bond motifs is 1. The summed E-state index contributed by atoms with van der Waals surface area (Å²) in [6, 6.07) is 14.6. The van der Waals surface area contributed by atoms with Crippen LogP contribution in [0.5, 0.6) is 5.75 Å². The van der Waals surface area contributed by atoms with Crippen molar-refractivity contribution in [1.82, 2.24) is 19.7 Å². The summed E-state index contributed by atoms with van der Waals surface area (Å²) >= 11 is 0. The van der Waals surface area contributed by atoms with Crippen molar-refractivity contribution < 1.29 is 9.47 Å². The second-order valence-electron chi connectivity index (χ2n) is 6.27. The third-order valence-corrected chi connectivity index (χ3v) is 4.48. The summed E-state index contributed by atoms with van der Waals surface area (Å²) in [6.45, 7) is 4.88. The van der Waals surface area contributed by atoms with E-state index in [0.717, 1.165) is 38.5 Å². The van der Waals surface area contributed by atoms with E-state index < -0.39 is 0 Å². The Morgan fingerprint density at radius 1 is 1.16 bits per heavy atom. The Bertz CT molecular complexity index is 806. The van der Waals surface area contributed by atoms with Crippen LogP contribution >= 0.6 is 0 Å². The minimum absolute atomic E-state index is 0.149. The van der Waals surface area contributed by atoms with E-state index in [9.17, 15) is 0 Å². The number of benzene rings is 2. The summed E-state index contributed by atoms with van der Waals surface area (Å²) in [6.07, 6.45) is 3.43. The summed E-state index contributed by atoms with van der Waals surface area (Å²) in [5.41, 5.74) is 0. The van der Waals surface area contributed by atoms with E-state index in [4.69, 9.17) is 9.47 Å². The van der Waals surface area contributed by atoms with Crippen LogP contribution in [-0.2, 0) is 11.3 Å². The van der Waals surface area contributed by atoms with Crippen molar-refractivity contribution in [3.05, 3.63) is 55.1 Å². The first-order valence-electron chi connectivity index (χ1n) is 8.65. The molecule has 0 N–H and O–H groups in total. The highest BCUT2D eigenvalue weighted by Gasteiger charge is 2.20. The van der Waals surface area contributed by atoms with Crippen molar-refractivity contribution in [3.63, 3.8) is 0 Å². The zero-order valence-corrected chi connectivity index (χ0v) is 14.1. The van der Waals surface area contributed by atoms with E-state index in [0.29, 0.717) is 6.61 Å². The molecule has 0 radical (unpaired) electrons. The molecule has 0 aliphatic carbocycles. The molecule has 2 aromatic carbocycles. The van der Waals surface area contributed by atoms with Gasteiger partial charge in [0, 0.05) is 19.6 Å². The first-order chi connectivity index (χ1) is 12.4. The fourth-order valence-electron chi connectivity index (χ4n) is 3.18. The molecule has 2 heterocycles. The second kappa shape index (κ2) is 7.63. The monoisotopic (exact) mass is 338 g/mol. The average molecular weight is 338 g/mol. The van der Waals surface area contributed by atoms with Crippen LogP contribution in [0.25, 0.3) is 10.8 Å². The summed E-state index contributed by atoms with van der Waals surface area (Å²) < 4.78 is 13.6. The lowest BCUT2D eigenvalue weighted by atomic mass is 10.1. The molecule has 0 bridgehead atoms. The van der Waals surface area contributed by atoms with Gasteiger partial charge >= 0.3 is 0 Å². The summed E-state index contributed by atoms with van der Waals surface area (Å²) in [5, 5.41) is 6.59. The van der Waals surface area contributed by atoms with Crippen molar-refractivity contribution >= 4 is 10.8 Å². The van der Waals surface area contributed by atoms with Crippen molar-refractivity contribution in [1.29, 1.82) is 0 Å². The van der Waals surface area contributed by atoms with Crippen LogP contribution in [0.2, 0.25) is 0 Å². The third-order valence-electron chi connectivity index (χ3n) is 4.48. The summed E-state index contributed by atoms with van der Waals surface area (Å²) in [5.74, 6) is 0.922. The molecular weight excluding hydrogens is 316 g/mol. The molecule has 0 spiro atoms. The number of nitrogens with zero attached hydrogens (tertiary/aromatic N) is 4. The van der Waals surface area contributed by atoms with Crippen LogP contribution in [-0.4, -0.2) is 58.6 Å². The Hall–Kier alpha value is -2.44. The zero-order valence-electron chi connectivity index (χ0n) is 14.1. The van der Waals surface area contributed by atoms with Crippen LogP contribution in [0.1, 0.15) is 0 Å². The SMILES string of the molecule is c1ccc2cc(OCCN3CCO[C@H](Cn4cncn4)C3)ccc2c1. The van der Waals surface area contributed by atoms with Crippen molar-refractivity contribution in [2.24, 2.45) is 0 Å². The standard InChI is InChI=1S/C19H22N4O2/c1-2-4-17-11-18(6-5-16(17)3-1)24-9-7-22-8-10-25-19(12-22)13-23-15-20-14-21-23/h1-6,11,14-15,19H,7-10,12-13H2/t19-/m0/s1. The Labute approximate surface area is 147 Å². The molecule has 6 heteroatoms. The molecule has 4 rings (SSSR count). The molecule has 0 unspecified atom stereocenters. The molecule has 6 nitrogen and oxygen atoms in total. The van der Waals surface area contributed by atoms with Gasteiger partial charge in [0.25, 0.3) is 0 Å². The maximum Gasteiger partial charge on any atom is 0.137 e. The molecule has 0 saturated carbocycles. The highest BCUT2D eigenvalue weighted by molar-refractivity contribution is 5.83. The van der Waals surface area contributed by atoms with Crippen LogP contribution in [0.15, 0.2) is 55.1 Å². The van der Waals surface area contributed by atoms with Gasteiger partial charge in [0.05, 0.1) is 19.3 Å². The van der Waals surface area contributed by atoms with Gasteiger partial charge in [-0.15, -0.1) is 0 Å². The minimum Gasteiger partial charge on any atom is -0.492 e. The smallest absolute Gasteiger partial charge is 0.137 e. The topological polar surface area (TPSA) is 52.4 Å². The molecule has 3 aromatic rings. The lowest BCUT2D eigenvalue weighted by Gasteiger charge is -2.32. The van der Waals surface area contributed by atoms with E-state index in [1.165, 1.54) is 10.8 Å². The zero-order chi connectivity index (χ0) is 16.9. The summed E-state index contributed by atoms with van der Waals surface area (Å²) in [4.78, 5) is 6.36. The molecule has 1 atom stereocenters. The normalized spacial score (nSPS) is 18.5. The van der Waals surface area contributed by atoms with Crippen molar-refractivity contribution in [2.75, 3.05) is 32.8 Å². The quantitative estimate of drug-likeness (QED) is 0.690. The maximum atomic E-state index is 5.95. The van der Waals surface area contributed by atoms with Gasteiger partial charge in [-0.3, -0.25) is 9.58 Å². The Kier molecular flexibility index (Phi) is 4.90. The fraction of sp³-hybridized carbons (Fsp3) is 0.368. The van der Waals surface area contributed by atoms with Crippen molar-refractivity contribution in [3.8, 4) is 5.75 Å². The van der Waals surface area contributed by atoms with Gasteiger partial charge in [-0.2, -0.15) is 5.10 Å². The molecule has 1 aliphatic rings. The number of hydrogen-bond donors (Lipinski definition) is 0. The molecule has 0 amide bonds. The highest BCUT2D eigenvalue weighted by Crippen LogP contribution is 2.20. The minimum atomic E-state index is 0.149. The highest BCUT2D eigenvalue weighted by atomic mass is 16.5. The fourth-order valence-corrected chi connectivity index (χ4v) is 3.18. The third kappa shape index (κ3) is 4.15. The Morgan fingerprint density at radius 2 is 2.08 bits per heavy atom. The number of hydrogen-bond acceptors (Lipinski definition) is 5. The van der Waals surface area contributed by atoms with Crippen LogP contribution in [0.4, 0.5) is 0 Å². The van der Waals surface area contributed by atoms with Gasteiger partial charge in [-0.1, -0.05) is 30.3 Å². The average Bonchev–Trinajstić information content (AvgIpc) is 3.15. The largest absolute Gasteiger partial charge is 0.492 e. The van der Waals surface area contributed by atoms with E-state index in [-0.39, 0.29) is 6.10 Å². The van der Waals surface area contributed by atoms with Gasteiger partial charge in [-0.05, 0) is 22.9 Å². The second-order valence-corrected chi connectivity index (χ2v) is 6.27. The summed E-state index contributed by atoms with van der Waals surface area (Å²) in [7, 11) is 0. The molecular formula is C19H22N4O2. The number of aromatic nitrogens is 3. The van der Waals surface area contributed by atoms with Gasteiger partial charge < -0.3 is 9.47 Å². The molecule has 1 aromatic heterocycles. The van der Waals surface area contributed by atoms with Crippen LogP contribution in [0, 0.1) is 0 Å². The number of morpholine rings is 1. The molecule has 1 aliphatic heterocycles. The molecule has 1 fully saturated rings. The lowest BCUT2D eigenvalue weighted by Crippen LogP contribution is -2.45. The number of rotatable bonds is 6. The van der Waals surface area contributed by atoms with E-state index in [1.54, 1.807) is 12.7 Å². The molecule has 1 saturated heterocycles. The van der Waals surface area contributed by atoms with E-state index >= 15 is 0 Å². The van der Waals surface area contributed by atoms with E-state index in [2.05, 4.69) is 51.4 Å². The molecule has 130 valence electrons. The molecule has 25 heavy (non-hydrogen) atoms. The Morgan fingerprint density at radius 3 is 2.96 bits per heavy atom. The van der Waals surface area contributed by atoms with Gasteiger partial charge in [0.2, 0.25) is 0 Å². The first kappa shape index (κ1) is 16.1. The van der Waals surface area contributed by atoms with Gasteiger partial charge in [0.1, 0.15) is 25.0 Å². The maximum absolute atomic E-state index is 5.95. The number of ether oxygens (including phenoxy) is 2. The Balaban J connectivity index is 1.27. The van der Waals surface area contributed by atoms with Crippen LogP contribution < -0.4 is 4.74 Å². The predicted molar refractivity (Wildman–Crippen MR) is 95.6 cm³/mol. The van der Waals surface area contributed by atoms with Crippen molar-refractivity contribution in [2.45, 2.75) is 12.6 Å². The van der Waals surface area contributed by atoms with E-state index in [1.807, 2.05) is 10.7 Å². The predicted octanol–water partition coefficient (Wildman–Crippen LogP) is 2.21. The first-order valence-corrected chi connectivity index (χ1v) is 8.65. The van der Waals surface area contributed by atoms with Gasteiger partial charge in [-0.25, -0.2) is 4.98 Å².